The Morgan fingerprint density at radius 2 is 2.00 bits per heavy atom. The number of nitrogens with two attached hydrogens (primary N) is 1. The molecule has 0 aromatic heterocycles. The fourth-order valence-electron chi connectivity index (χ4n) is 0.538. The van der Waals surface area contributed by atoms with Crippen molar-refractivity contribution in [2.75, 3.05) is 6.61 Å². The molecule has 1 fully saturated rings. The maximum absolute atomic E-state index is 10.5. The van der Waals surface area contributed by atoms with Crippen molar-refractivity contribution in [3.63, 3.8) is 0 Å². The van der Waals surface area contributed by atoms with Crippen molar-refractivity contribution in [2.45, 2.75) is 12.6 Å². The van der Waals surface area contributed by atoms with Crippen LogP contribution in [0.4, 0.5) is 0 Å². The van der Waals surface area contributed by atoms with Gasteiger partial charge in [0.15, 0.2) is 0 Å². The van der Waals surface area contributed by atoms with Gasteiger partial charge in [-0.15, -0.1) is 9.79 Å². The fraction of sp³-hybridized carbons (Fsp3) is 1.00. The molecule has 8 nitrogen and oxygen atoms in total. The van der Waals surface area contributed by atoms with E-state index in [1.165, 1.54) is 0 Å². The minimum atomic E-state index is -3.77. The van der Waals surface area contributed by atoms with Gasteiger partial charge >= 0.3 is 16.1 Å². The second kappa shape index (κ2) is 5.74. The lowest BCUT2D eigenvalue weighted by molar-refractivity contribution is 0.0508. The first kappa shape index (κ1) is 13.1. The van der Waals surface area contributed by atoms with Crippen LogP contribution in [0.3, 0.4) is 0 Å². The zero-order chi connectivity index (χ0) is 10.5. The van der Waals surface area contributed by atoms with Crippen molar-refractivity contribution in [2.24, 2.45) is 5.73 Å². The third kappa shape index (κ3) is 8.42. The van der Waals surface area contributed by atoms with Crippen LogP contribution in [0.5, 0.6) is 0 Å². The van der Waals surface area contributed by atoms with E-state index in [0.717, 1.165) is 0 Å². The molecular formula is C3H10NO7P2+. The van der Waals surface area contributed by atoms with Crippen LogP contribution >= 0.6 is 16.1 Å². The molecule has 1 rings (SSSR count). The van der Waals surface area contributed by atoms with Crippen LogP contribution in [0.15, 0.2) is 0 Å². The van der Waals surface area contributed by atoms with Gasteiger partial charge in [-0.05, 0) is 0 Å². The summed E-state index contributed by atoms with van der Waals surface area (Å²) >= 11 is 0. The smallest absolute Gasteiger partial charge is 0.306 e. The van der Waals surface area contributed by atoms with Crippen LogP contribution in [-0.2, 0) is 18.2 Å². The molecule has 0 spiro atoms. The summed E-state index contributed by atoms with van der Waals surface area (Å²) in [5, 5.41) is 0. The van der Waals surface area contributed by atoms with Gasteiger partial charge in [0.25, 0.3) is 0 Å². The maximum Gasteiger partial charge on any atom is 0.692 e. The first-order valence-electron chi connectivity index (χ1n) is 3.10. The Balaban J connectivity index is 0.000000310. The minimum absolute atomic E-state index is 0.189. The van der Waals surface area contributed by atoms with Gasteiger partial charge in [-0.1, -0.05) is 0 Å². The van der Waals surface area contributed by atoms with Crippen molar-refractivity contribution in [1.29, 1.82) is 0 Å². The molecule has 0 amide bonds. The minimum Gasteiger partial charge on any atom is -0.306 e. The van der Waals surface area contributed by atoms with Gasteiger partial charge in [0.05, 0.1) is 6.61 Å². The monoisotopic (exact) mass is 234 g/mol. The quantitative estimate of drug-likeness (QED) is 0.409. The van der Waals surface area contributed by atoms with E-state index >= 15 is 0 Å². The molecule has 78 valence electrons. The van der Waals surface area contributed by atoms with E-state index in [1.807, 2.05) is 0 Å². The Kier molecular flexibility index (Phi) is 5.78. The average molecular weight is 234 g/mol. The van der Waals surface area contributed by atoms with Crippen LogP contribution in [0, 0.1) is 0 Å². The standard InChI is InChI=1S/C3H8NO4P.HO3P/c4-3-1-2-7-9(5,6)8-3;1-4(2)3/h3H,1-2,4H2,(H,5,6);(H-,1,2,3)/p+1. The third-order valence-electron chi connectivity index (χ3n) is 0.925. The molecule has 13 heavy (non-hydrogen) atoms. The summed E-state index contributed by atoms with van der Waals surface area (Å²) < 4.78 is 27.9. The third-order valence-corrected chi connectivity index (χ3v) is 1.97. The molecule has 0 aromatic carbocycles. The van der Waals surface area contributed by atoms with Crippen molar-refractivity contribution >= 4 is 16.1 Å². The molecule has 0 aromatic rings. The summed E-state index contributed by atoms with van der Waals surface area (Å²) in [7, 11) is -6.64. The Bertz CT molecular complexity index is 216. The van der Waals surface area contributed by atoms with Crippen molar-refractivity contribution < 1.29 is 32.9 Å². The summed E-state index contributed by atoms with van der Waals surface area (Å²) in [6.45, 7) is 0.189. The highest BCUT2D eigenvalue weighted by Gasteiger charge is 2.29. The predicted octanol–water partition coefficient (Wildman–Crippen LogP) is -0.563. The molecule has 2 atom stereocenters. The van der Waals surface area contributed by atoms with Gasteiger partial charge in [-0.3, -0.25) is 9.05 Å². The van der Waals surface area contributed by atoms with E-state index in [9.17, 15) is 4.57 Å². The maximum atomic E-state index is 10.5. The topological polar surface area (TPSA) is 139 Å². The molecule has 0 saturated carbocycles. The second-order valence-corrected chi connectivity index (χ2v) is 3.90. The van der Waals surface area contributed by atoms with Crippen LogP contribution in [0.1, 0.15) is 6.42 Å². The van der Waals surface area contributed by atoms with Crippen molar-refractivity contribution in [3.05, 3.63) is 0 Å². The van der Waals surface area contributed by atoms with E-state index < -0.39 is 22.3 Å². The first-order chi connectivity index (χ1) is 5.83. The van der Waals surface area contributed by atoms with Gasteiger partial charge in [0, 0.05) is 11.0 Å². The average Bonchev–Trinajstić information content (AvgIpc) is 1.81. The summed E-state index contributed by atoms with van der Waals surface area (Å²) in [5.41, 5.74) is 5.18. The fourth-order valence-corrected chi connectivity index (χ4v) is 1.38. The molecule has 5 N–H and O–H groups in total. The Hall–Kier alpha value is 0.0900. The summed E-state index contributed by atoms with van der Waals surface area (Å²) in [6.07, 6.45) is -0.195. The van der Waals surface area contributed by atoms with Crippen LogP contribution in [0.2, 0.25) is 0 Å². The van der Waals surface area contributed by atoms with Crippen LogP contribution < -0.4 is 5.73 Å². The largest absolute Gasteiger partial charge is 0.692 e. The lowest BCUT2D eigenvalue weighted by Gasteiger charge is -2.22. The Morgan fingerprint density at radius 1 is 1.54 bits per heavy atom. The molecule has 0 aliphatic carbocycles. The van der Waals surface area contributed by atoms with E-state index in [-0.39, 0.29) is 6.61 Å². The van der Waals surface area contributed by atoms with E-state index in [0.29, 0.717) is 6.42 Å². The highest BCUT2D eigenvalue weighted by molar-refractivity contribution is 7.47. The summed E-state index contributed by atoms with van der Waals surface area (Å²) in [6, 6.07) is 0. The molecule has 1 aliphatic heterocycles. The van der Waals surface area contributed by atoms with Gasteiger partial charge in [0.2, 0.25) is 0 Å². The second-order valence-electron chi connectivity index (χ2n) is 1.99. The molecular weight excluding hydrogens is 224 g/mol. The summed E-state index contributed by atoms with van der Waals surface area (Å²) in [4.78, 5) is 22.8. The molecule has 0 radical (unpaired) electrons. The lowest BCUT2D eigenvalue weighted by Crippen LogP contribution is -2.28. The number of phosphoric ester groups is 1. The first-order valence-corrected chi connectivity index (χ1v) is 5.76. The molecule has 10 heteroatoms. The normalized spacial score (nSPS) is 33.1. The zero-order valence-corrected chi connectivity index (χ0v) is 8.23. The van der Waals surface area contributed by atoms with Crippen molar-refractivity contribution in [1.82, 2.24) is 0 Å². The summed E-state index contributed by atoms with van der Waals surface area (Å²) in [5.74, 6) is 0. The molecule has 0 bridgehead atoms. The van der Waals surface area contributed by atoms with Gasteiger partial charge in [0.1, 0.15) is 6.23 Å². The SMILES string of the molecule is NC1CCOP(=O)(O)O1.O=[P+](O)O. The number of rotatable bonds is 0. The Labute approximate surface area is 74.8 Å². The predicted molar refractivity (Wildman–Crippen MR) is 41.5 cm³/mol. The van der Waals surface area contributed by atoms with Crippen molar-refractivity contribution in [3.8, 4) is 0 Å². The van der Waals surface area contributed by atoms with E-state index in [1.54, 1.807) is 0 Å². The van der Waals surface area contributed by atoms with Gasteiger partial charge in [-0.2, -0.15) is 0 Å². The van der Waals surface area contributed by atoms with Crippen LogP contribution in [-0.4, -0.2) is 27.5 Å². The zero-order valence-electron chi connectivity index (χ0n) is 6.44. The number of hydrogen-bond donors (Lipinski definition) is 4. The van der Waals surface area contributed by atoms with Crippen LogP contribution in [0.25, 0.3) is 0 Å². The number of hydrogen-bond acceptors (Lipinski definition) is 5. The molecule has 2 unspecified atom stereocenters. The molecule has 1 aliphatic rings. The van der Waals surface area contributed by atoms with E-state index in [4.69, 9.17) is 25.0 Å². The lowest BCUT2D eigenvalue weighted by atomic mass is 10.4. The van der Waals surface area contributed by atoms with E-state index in [2.05, 4.69) is 9.05 Å². The highest BCUT2D eigenvalue weighted by atomic mass is 31.2. The number of phosphoric acid groups is 1. The molecule has 1 heterocycles. The van der Waals surface area contributed by atoms with Gasteiger partial charge < -0.3 is 10.6 Å². The van der Waals surface area contributed by atoms with Gasteiger partial charge in [-0.25, -0.2) is 4.57 Å². The highest BCUT2D eigenvalue weighted by Crippen LogP contribution is 2.46. The molecule has 1 saturated heterocycles. The Morgan fingerprint density at radius 3 is 2.23 bits per heavy atom.